The second-order valence-electron chi connectivity index (χ2n) is 3.99. The molecule has 0 aliphatic heterocycles. The van der Waals surface area contributed by atoms with Crippen molar-refractivity contribution >= 4 is 19.8 Å². The van der Waals surface area contributed by atoms with Crippen LogP contribution in [0.25, 0.3) is 11.0 Å². The third-order valence-corrected chi connectivity index (χ3v) is 2.90. The lowest BCUT2D eigenvalue weighted by molar-refractivity contribution is 0.231. The Kier molecular flexibility index (Phi) is 3.10. The van der Waals surface area contributed by atoms with Gasteiger partial charge in [0.05, 0.1) is 6.10 Å². The lowest BCUT2D eigenvalue weighted by Gasteiger charge is -2.10. The number of hydrogen-bond donors (Lipinski definition) is 0. The largest absolute Gasteiger partial charge is 0.475 e. The molecule has 2 heterocycles. The van der Waals surface area contributed by atoms with Gasteiger partial charge in [0.2, 0.25) is 5.88 Å². The molecule has 2 aromatic heterocycles. The van der Waals surface area contributed by atoms with E-state index in [4.69, 9.17) is 4.74 Å². The summed E-state index contributed by atoms with van der Waals surface area (Å²) in [5.41, 5.74) is 1.82. The van der Waals surface area contributed by atoms with Crippen molar-refractivity contribution in [2.24, 2.45) is 0 Å². The Balaban J connectivity index is 2.47. The maximum atomic E-state index is 5.64. The number of pyridine rings is 1. The van der Waals surface area contributed by atoms with Gasteiger partial charge in [-0.25, -0.2) is 0 Å². The predicted molar refractivity (Wildman–Crippen MR) is 67.7 cm³/mol. The fourth-order valence-electron chi connectivity index (χ4n) is 1.50. The van der Waals surface area contributed by atoms with Crippen LogP contribution in [-0.2, 0) is 0 Å². The lowest BCUT2D eigenvalue weighted by atomic mass is 10.2. The maximum Gasteiger partial charge on any atom is 0.218 e. The number of nitrogens with zero attached hydrogens (tertiary/aromatic N) is 3. The molecule has 0 saturated carbocycles. The van der Waals surface area contributed by atoms with Crippen molar-refractivity contribution in [3.8, 4) is 5.88 Å². The van der Waals surface area contributed by atoms with Crippen LogP contribution in [0.4, 0.5) is 0 Å². The molecule has 0 aromatic carbocycles. The number of rotatable bonds is 3. The summed E-state index contributed by atoms with van der Waals surface area (Å²) in [6.07, 6.45) is 2.16. The van der Waals surface area contributed by atoms with Crippen molar-refractivity contribution in [1.82, 2.24) is 14.5 Å². The lowest BCUT2D eigenvalue weighted by Crippen LogP contribution is -2.08. The molecule has 0 aliphatic carbocycles. The highest BCUT2D eigenvalue weighted by Gasteiger charge is 2.08. The van der Waals surface area contributed by atoms with Crippen LogP contribution in [0.5, 0.6) is 5.88 Å². The van der Waals surface area contributed by atoms with Gasteiger partial charge in [-0.2, -0.15) is 4.98 Å². The van der Waals surface area contributed by atoms with Gasteiger partial charge in [-0.05, 0) is 42.2 Å². The second-order valence-corrected chi connectivity index (χ2v) is 4.89. The Hall–Kier alpha value is -1.15. The summed E-state index contributed by atoms with van der Waals surface area (Å²) in [7, 11) is 0.628. The zero-order valence-electron chi connectivity index (χ0n) is 9.98. The average molecular weight is 237 g/mol. The normalized spacial score (nSPS) is 12.1. The van der Waals surface area contributed by atoms with Gasteiger partial charge in [0.15, 0.2) is 5.65 Å². The standard InChI is InChI=1S/C11H16N3OP/c1-7(2)15-11-8(3)5-9-6-14(16-4)13-10(9)12-11/h5-7,16H,1-4H3. The molecule has 0 radical (unpaired) electrons. The van der Waals surface area contributed by atoms with E-state index in [0.29, 0.717) is 14.6 Å². The van der Waals surface area contributed by atoms with E-state index in [9.17, 15) is 0 Å². The minimum Gasteiger partial charge on any atom is -0.475 e. The van der Waals surface area contributed by atoms with E-state index in [-0.39, 0.29) is 6.10 Å². The number of ether oxygens (including phenoxy) is 1. The topological polar surface area (TPSA) is 39.9 Å². The van der Waals surface area contributed by atoms with Gasteiger partial charge in [0, 0.05) is 17.1 Å². The maximum absolute atomic E-state index is 5.64. The minimum absolute atomic E-state index is 0.138. The summed E-state index contributed by atoms with van der Waals surface area (Å²) in [6, 6.07) is 2.07. The molecule has 0 bridgehead atoms. The van der Waals surface area contributed by atoms with Crippen molar-refractivity contribution < 1.29 is 4.74 Å². The molecule has 1 unspecified atom stereocenters. The van der Waals surface area contributed by atoms with Crippen LogP contribution in [0, 0.1) is 6.92 Å². The van der Waals surface area contributed by atoms with Crippen LogP contribution >= 0.6 is 8.73 Å². The third kappa shape index (κ3) is 2.17. The first kappa shape index (κ1) is 11.3. The average Bonchev–Trinajstić information content (AvgIpc) is 2.59. The van der Waals surface area contributed by atoms with Gasteiger partial charge < -0.3 is 4.74 Å². The van der Waals surface area contributed by atoms with Crippen molar-refractivity contribution in [1.29, 1.82) is 0 Å². The van der Waals surface area contributed by atoms with Crippen molar-refractivity contribution in [3.05, 3.63) is 17.8 Å². The molecule has 16 heavy (non-hydrogen) atoms. The second kappa shape index (κ2) is 4.38. The van der Waals surface area contributed by atoms with Crippen molar-refractivity contribution in [2.75, 3.05) is 6.66 Å². The number of fused-ring (bicyclic) bond motifs is 1. The minimum atomic E-state index is 0.138. The van der Waals surface area contributed by atoms with Gasteiger partial charge in [0.25, 0.3) is 0 Å². The molecule has 0 spiro atoms. The van der Waals surface area contributed by atoms with Gasteiger partial charge in [0.1, 0.15) is 0 Å². The Morgan fingerprint density at radius 2 is 2.19 bits per heavy atom. The molecular formula is C11H16N3OP. The van der Waals surface area contributed by atoms with Crippen LogP contribution in [0.3, 0.4) is 0 Å². The van der Waals surface area contributed by atoms with Crippen LogP contribution in [0.15, 0.2) is 12.3 Å². The molecule has 1 atom stereocenters. The van der Waals surface area contributed by atoms with Crippen LogP contribution in [0.2, 0.25) is 0 Å². The van der Waals surface area contributed by atoms with E-state index < -0.39 is 0 Å². The van der Waals surface area contributed by atoms with E-state index in [1.165, 1.54) is 0 Å². The van der Waals surface area contributed by atoms with Crippen LogP contribution < -0.4 is 4.74 Å². The smallest absolute Gasteiger partial charge is 0.218 e. The monoisotopic (exact) mass is 237 g/mol. The highest BCUT2D eigenvalue weighted by molar-refractivity contribution is 7.35. The molecule has 4 nitrogen and oxygen atoms in total. The fourth-order valence-corrected chi connectivity index (χ4v) is 1.97. The molecule has 0 aliphatic rings. The molecule has 0 saturated heterocycles. The fraction of sp³-hybridized carbons (Fsp3) is 0.455. The number of aromatic nitrogens is 3. The molecular weight excluding hydrogens is 221 g/mol. The van der Waals surface area contributed by atoms with Gasteiger partial charge in [-0.15, -0.1) is 5.10 Å². The number of hydrogen-bond acceptors (Lipinski definition) is 3. The summed E-state index contributed by atoms with van der Waals surface area (Å²) in [6.45, 7) is 8.09. The summed E-state index contributed by atoms with van der Waals surface area (Å²) >= 11 is 0. The van der Waals surface area contributed by atoms with Crippen molar-refractivity contribution in [2.45, 2.75) is 26.9 Å². The molecule has 5 heteroatoms. The Morgan fingerprint density at radius 3 is 2.81 bits per heavy atom. The van der Waals surface area contributed by atoms with Gasteiger partial charge in [-0.3, -0.25) is 4.45 Å². The first-order valence-corrected chi connectivity index (χ1v) is 6.76. The van der Waals surface area contributed by atoms with Crippen LogP contribution in [0.1, 0.15) is 19.4 Å². The molecule has 0 N–H and O–H groups in total. The molecule has 86 valence electrons. The van der Waals surface area contributed by atoms with E-state index >= 15 is 0 Å². The zero-order chi connectivity index (χ0) is 11.7. The molecule has 2 rings (SSSR count). The molecule has 0 fully saturated rings. The summed E-state index contributed by atoms with van der Waals surface area (Å²) < 4.78 is 7.55. The first-order valence-electron chi connectivity index (χ1n) is 5.31. The molecule has 2 aromatic rings. The van der Waals surface area contributed by atoms with E-state index in [1.54, 1.807) is 0 Å². The highest BCUT2D eigenvalue weighted by Crippen LogP contribution is 2.23. The zero-order valence-corrected chi connectivity index (χ0v) is 11.0. The first-order chi connectivity index (χ1) is 7.60. The Bertz CT molecular complexity index is 507. The van der Waals surface area contributed by atoms with Crippen molar-refractivity contribution in [3.63, 3.8) is 0 Å². The highest BCUT2D eigenvalue weighted by atomic mass is 31.1. The van der Waals surface area contributed by atoms with Gasteiger partial charge in [-0.1, -0.05) is 0 Å². The van der Waals surface area contributed by atoms with Gasteiger partial charge >= 0.3 is 0 Å². The summed E-state index contributed by atoms with van der Waals surface area (Å²) in [5.74, 6) is 0.687. The number of aryl methyl sites for hydroxylation is 1. The van der Waals surface area contributed by atoms with E-state index in [2.05, 4.69) is 22.8 Å². The quantitative estimate of drug-likeness (QED) is 0.770. The summed E-state index contributed by atoms with van der Waals surface area (Å²) in [4.78, 5) is 4.43. The predicted octanol–water partition coefficient (Wildman–Crippen LogP) is 2.60. The van der Waals surface area contributed by atoms with E-state index in [1.807, 2.05) is 31.4 Å². The van der Waals surface area contributed by atoms with Crippen LogP contribution in [-0.4, -0.2) is 27.3 Å². The molecule has 0 amide bonds. The Morgan fingerprint density at radius 1 is 1.44 bits per heavy atom. The Labute approximate surface area is 96.8 Å². The summed E-state index contributed by atoms with van der Waals surface area (Å²) in [5, 5.41) is 5.45. The SMILES string of the molecule is CPn1cc2cc(C)c(OC(C)C)nc2n1. The third-order valence-electron chi connectivity index (χ3n) is 2.22. The van der Waals surface area contributed by atoms with E-state index in [0.717, 1.165) is 16.6 Å².